The lowest BCUT2D eigenvalue weighted by atomic mass is 9.73. The number of Topliss-reactive ketones (excluding diaryl/α,β-unsaturated/α-hetero) is 2. The number of hydrogen-bond acceptors (Lipinski definition) is 4. The highest BCUT2D eigenvalue weighted by Crippen LogP contribution is 2.37. The van der Waals surface area contributed by atoms with Crippen LogP contribution in [-0.2, 0) is 4.79 Å². The van der Waals surface area contributed by atoms with Gasteiger partial charge in [0.15, 0.2) is 5.78 Å². The smallest absolute Gasteiger partial charge is 0.163 e. The van der Waals surface area contributed by atoms with Crippen molar-refractivity contribution >= 4 is 11.6 Å². The Balaban J connectivity index is 1.68. The molecular formula is C31H42O4. The topological polar surface area (TPSA) is 52.6 Å². The van der Waals surface area contributed by atoms with E-state index in [1.165, 1.54) is 6.42 Å². The predicted octanol–water partition coefficient (Wildman–Crippen LogP) is 7.94. The van der Waals surface area contributed by atoms with Crippen molar-refractivity contribution in [1.82, 2.24) is 0 Å². The van der Waals surface area contributed by atoms with Gasteiger partial charge in [-0.1, -0.05) is 58.1 Å². The Labute approximate surface area is 211 Å². The lowest BCUT2D eigenvalue weighted by Crippen LogP contribution is -2.27. The van der Waals surface area contributed by atoms with Gasteiger partial charge in [0.25, 0.3) is 0 Å². The molecule has 3 rings (SSSR count). The van der Waals surface area contributed by atoms with Crippen molar-refractivity contribution in [3.05, 3.63) is 59.7 Å². The molecule has 35 heavy (non-hydrogen) atoms. The van der Waals surface area contributed by atoms with Crippen LogP contribution in [0.2, 0.25) is 0 Å². The van der Waals surface area contributed by atoms with E-state index < -0.39 is 0 Å². The second kappa shape index (κ2) is 14.7. The van der Waals surface area contributed by atoms with Crippen LogP contribution in [0.4, 0.5) is 0 Å². The van der Waals surface area contributed by atoms with Crippen LogP contribution in [0.25, 0.3) is 0 Å². The van der Waals surface area contributed by atoms with Gasteiger partial charge in [0.05, 0.1) is 13.2 Å². The summed E-state index contributed by atoms with van der Waals surface area (Å²) in [7, 11) is 0. The van der Waals surface area contributed by atoms with E-state index >= 15 is 0 Å². The van der Waals surface area contributed by atoms with Crippen LogP contribution in [0.3, 0.4) is 0 Å². The fourth-order valence-electron chi connectivity index (χ4n) is 4.88. The fraction of sp³-hybridized carbons (Fsp3) is 0.548. The van der Waals surface area contributed by atoms with E-state index in [9.17, 15) is 9.59 Å². The van der Waals surface area contributed by atoms with Gasteiger partial charge in [-0.3, -0.25) is 9.59 Å². The average Bonchev–Trinajstić information content (AvgIpc) is 2.89. The van der Waals surface area contributed by atoms with Crippen LogP contribution in [0, 0.1) is 5.92 Å². The maximum Gasteiger partial charge on any atom is 0.163 e. The van der Waals surface area contributed by atoms with Crippen LogP contribution in [-0.4, -0.2) is 24.8 Å². The zero-order valence-electron chi connectivity index (χ0n) is 21.6. The molecule has 0 bridgehead atoms. The largest absolute Gasteiger partial charge is 0.494 e. The third-order valence-corrected chi connectivity index (χ3v) is 7.01. The number of carbonyl (C=O) groups is 2. The van der Waals surface area contributed by atoms with Gasteiger partial charge in [-0.2, -0.15) is 0 Å². The second-order valence-electron chi connectivity index (χ2n) is 9.76. The molecule has 2 aromatic carbocycles. The quantitative estimate of drug-likeness (QED) is 0.193. The van der Waals surface area contributed by atoms with Crippen LogP contribution >= 0.6 is 0 Å². The second-order valence-corrected chi connectivity index (χ2v) is 9.76. The number of ether oxygens (including phenoxy) is 2. The fourth-order valence-corrected chi connectivity index (χ4v) is 4.88. The Morgan fingerprint density at radius 1 is 0.829 bits per heavy atom. The Hall–Kier alpha value is -2.62. The summed E-state index contributed by atoms with van der Waals surface area (Å²) in [6.45, 7) is 5.77. The zero-order valence-corrected chi connectivity index (χ0v) is 21.6. The van der Waals surface area contributed by atoms with Crippen molar-refractivity contribution in [1.29, 1.82) is 0 Å². The summed E-state index contributed by atoms with van der Waals surface area (Å²) in [5.74, 6) is 1.82. The Bertz CT molecular complexity index is 901. The number of hydrogen-bond donors (Lipinski definition) is 0. The first-order valence-electron chi connectivity index (χ1n) is 13.6. The molecule has 0 spiro atoms. The van der Waals surface area contributed by atoms with Crippen molar-refractivity contribution in [2.75, 3.05) is 13.2 Å². The van der Waals surface area contributed by atoms with Crippen molar-refractivity contribution < 1.29 is 19.1 Å². The standard InChI is InChI=1S/C31H42O4/c1-3-5-9-21-34-26-17-13-24(14-18-26)29(28-11-7-8-12-30(28)32)23-31(33)25-15-19-27(20-16-25)35-22-10-6-4-2/h13-20,28-29H,3-12,21-23H2,1-2H3. The zero-order chi connectivity index (χ0) is 24.9. The van der Waals surface area contributed by atoms with Crippen LogP contribution in [0.5, 0.6) is 11.5 Å². The highest BCUT2D eigenvalue weighted by atomic mass is 16.5. The summed E-state index contributed by atoms with van der Waals surface area (Å²) in [5, 5.41) is 0. The normalized spacial score (nSPS) is 16.6. The van der Waals surface area contributed by atoms with Gasteiger partial charge < -0.3 is 9.47 Å². The molecule has 1 fully saturated rings. The number of carbonyl (C=O) groups excluding carboxylic acids is 2. The molecule has 1 aliphatic carbocycles. The third kappa shape index (κ3) is 8.52. The molecule has 0 heterocycles. The van der Waals surface area contributed by atoms with Crippen molar-refractivity contribution in [2.24, 2.45) is 5.92 Å². The molecule has 4 heteroatoms. The summed E-state index contributed by atoms with van der Waals surface area (Å²) in [6, 6.07) is 15.5. The lowest BCUT2D eigenvalue weighted by Gasteiger charge is -2.29. The molecule has 0 radical (unpaired) electrons. The Morgan fingerprint density at radius 3 is 1.94 bits per heavy atom. The average molecular weight is 479 g/mol. The minimum Gasteiger partial charge on any atom is -0.494 e. The highest BCUT2D eigenvalue weighted by molar-refractivity contribution is 5.97. The van der Waals surface area contributed by atoms with E-state index in [2.05, 4.69) is 13.8 Å². The van der Waals surface area contributed by atoms with Gasteiger partial charge in [-0.15, -0.1) is 0 Å². The lowest BCUT2D eigenvalue weighted by molar-refractivity contribution is -0.125. The summed E-state index contributed by atoms with van der Waals surface area (Å²) in [6.07, 6.45) is 10.6. The predicted molar refractivity (Wildman–Crippen MR) is 142 cm³/mol. The SMILES string of the molecule is CCCCCOc1ccc(C(=O)CC(c2ccc(OCCCCC)cc2)C2CCCCC2=O)cc1. The number of unbranched alkanes of at least 4 members (excludes halogenated alkanes) is 4. The van der Waals surface area contributed by atoms with Gasteiger partial charge in [0.2, 0.25) is 0 Å². The molecule has 0 saturated heterocycles. The van der Waals surface area contributed by atoms with E-state index in [-0.39, 0.29) is 17.6 Å². The first-order chi connectivity index (χ1) is 17.1. The van der Waals surface area contributed by atoms with Gasteiger partial charge in [-0.25, -0.2) is 0 Å². The molecule has 1 aliphatic rings. The minimum absolute atomic E-state index is 0.0748. The summed E-state index contributed by atoms with van der Waals surface area (Å²) in [4.78, 5) is 26.1. The van der Waals surface area contributed by atoms with Gasteiger partial charge in [-0.05, 0) is 67.6 Å². The van der Waals surface area contributed by atoms with E-state index in [0.29, 0.717) is 37.4 Å². The Kier molecular flexibility index (Phi) is 11.3. The highest BCUT2D eigenvalue weighted by Gasteiger charge is 2.33. The summed E-state index contributed by atoms with van der Waals surface area (Å²) in [5.41, 5.74) is 1.73. The van der Waals surface area contributed by atoms with Crippen molar-refractivity contribution in [3.63, 3.8) is 0 Å². The first-order valence-corrected chi connectivity index (χ1v) is 13.6. The van der Waals surface area contributed by atoms with Crippen LogP contribution in [0.15, 0.2) is 48.5 Å². The van der Waals surface area contributed by atoms with E-state index in [1.807, 2.05) is 48.5 Å². The molecule has 2 aromatic rings. The molecule has 0 aliphatic heterocycles. The molecular weight excluding hydrogens is 436 g/mol. The molecule has 2 atom stereocenters. The number of ketones is 2. The van der Waals surface area contributed by atoms with E-state index in [4.69, 9.17) is 9.47 Å². The number of rotatable bonds is 15. The molecule has 0 amide bonds. The van der Waals surface area contributed by atoms with E-state index in [0.717, 1.165) is 68.4 Å². The van der Waals surface area contributed by atoms with Crippen molar-refractivity contribution in [3.8, 4) is 11.5 Å². The van der Waals surface area contributed by atoms with E-state index in [1.54, 1.807) is 0 Å². The monoisotopic (exact) mass is 478 g/mol. The third-order valence-electron chi connectivity index (χ3n) is 7.01. The Morgan fingerprint density at radius 2 is 1.40 bits per heavy atom. The summed E-state index contributed by atoms with van der Waals surface area (Å²) < 4.78 is 11.7. The number of benzene rings is 2. The van der Waals surface area contributed by atoms with Gasteiger partial charge >= 0.3 is 0 Å². The minimum atomic E-state index is -0.102. The molecule has 0 aromatic heterocycles. The molecule has 0 N–H and O–H groups in total. The molecule has 190 valence electrons. The van der Waals surface area contributed by atoms with Gasteiger partial charge in [0, 0.05) is 30.2 Å². The molecule has 4 nitrogen and oxygen atoms in total. The maximum absolute atomic E-state index is 13.3. The van der Waals surface area contributed by atoms with Crippen molar-refractivity contribution in [2.45, 2.75) is 90.4 Å². The summed E-state index contributed by atoms with van der Waals surface area (Å²) >= 11 is 0. The first kappa shape index (κ1) is 27.0. The van der Waals surface area contributed by atoms with Crippen LogP contribution in [0.1, 0.15) is 106 Å². The maximum atomic E-state index is 13.3. The molecule has 1 saturated carbocycles. The molecule has 2 unspecified atom stereocenters. The van der Waals surface area contributed by atoms with Crippen LogP contribution < -0.4 is 9.47 Å². The van der Waals surface area contributed by atoms with Gasteiger partial charge in [0.1, 0.15) is 17.3 Å².